The van der Waals surface area contributed by atoms with Crippen LogP contribution in [-0.2, 0) is 19.6 Å². The number of sulfonamides is 1. The van der Waals surface area contributed by atoms with E-state index in [4.69, 9.17) is 9.47 Å². The Morgan fingerprint density at radius 3 is 2.70 bits per heavy atom. The Labute approximate surface area is 239 Å². The number of aliphatic hydroxyl groups is 1. The third-order valence-corrected chi connectivity index (χ3v) is 10.5. The van der Waals surface area contributed by atoms with Crippen LogP contribution >= 0.6 is 11.3 Å². The fourth-order valence-corrected chi connectivity index (χ4v) is 7.13. The number of hydrogen-bond acceptors (Lipinski definition) is 9. The molecule has 1 aromatic carbocycles. The van der Waals surface area contributed by atoms with Crippen molar-refractivity contribution in [1.29, 1.82) is 0 Å². The maximum atomic E-state index is 13.6. The fraction of sp³-hybridized carbons (Fsp3) is 0.556. The molecule has 2 aliphatic heterocycles. The molecule has 2 aromatic rings. The molecule has 0 unspecified atom stereocenters. The Kier molecular flexibility index (Phi) is 10.2. The number of carbonyl (C=O) groups excluding carboxylic acids is 2. The minimum atomic E-state index is -3.70. The van der Waals surface area contributed by atoms with E-state index in [9.17, 15) is 23.1 Å². The van der Waals surface area contributed by atoms with Crippen LogP contribution in [0.1, 0.15) is 30.6 Å². The van der Waals surface area contributed by atoms with Crippen molar-refractivity contribution < 1.29 is 32.6 Å². The van der Waals surface area contributed by atoms with E-state index in [0.29, 0.717) is 37.6 Å². The molecule has 3 atom stereocenters. The number of likely N-dealkylation sites (N-methyl/N-ethyl adjacent to an activating group) is 1. The lowest BCUT2D eigenvalue weighted by Gasteiger charge is -2.38. The first-order valence-corrected chi connectivity index (χ1v) is 15.7. The van der Waals surface area contributed by atoms with Gasteiger partial charge in [0.05, 0.1) is 38.0 Å². The minimum Gasteiger partial charge on any atom is -0.488 e. The van der Waals surface area contributed by atoms with Crippen molar-refractivity contribution in [3.05, 3.63) is 41.3 Å². The number of carbonyl (C=O) groups is 2. The van der Waals surface area contributed by atoms with Gasteiger partial charge in [0.1, 0.15) is 16.1 Å². The quantitative estimate of drug-likeness (QED) is 0.427. The van der Waals surface area contributed by atoms with Crippen molar-refractivity contribution in [3.63, 3.8) is 0 Å². The summed E-state index contributed by atoms with van der Waals surface area (Å²) in [7, 11) is -2.19. The van der Waals surface area contributed by atoms with Gasteiger partial charge in [0.25, 0.3) is 15.9 Å². The van der Waals surface area contributed by atoms with Gasteiger partial charge in [0.15, 0.2) is 0 Å². The van der Waals surface area contributed by atoms with Crippen molar-refractivity contribution in [3.8, 4) is 5.75 Å². The standard InChI is InChI=1S/C27H38N4O7S2/c1-19-16-31(20(2)18-32)27(34)22-15-21(28-25(33)8-9-30-10-12-37-13-11-30)6-7-23(22)38-24(19)17-29(3)40(35,36)26-5-4-14-39-26/h4-7,14-15,19-20,24,32H,8-13,16-18H2,1-3H3,(H,28,33)/t19-,20-,24-/m1/s1. The second-order valence-corrected chi connectivity index (χ2v) is 13.5. The number of benzene rings is 1. The number of nitrogens with zero attached hydrogens (tertiary/aromatic N) is 3. The lowest BCUT2D eigenvalue weighted by Crippen LogP contribution is -2.50. The van der Waals surface area contributed by atoms with Crippen molar-refractivity contribution in [2.75, 3.05) is 64.9 Å². The number of nitrogens with one attached hydrogen (secondary N) is 1. The summed E-state index contributed by atoms with van der Waals surface area (Å²) < 4.78 is 39.3. The van der Waals surface area contributed by atoms with Crippen LogP contribution in [0.5, 0.6) is 5.75 Å². The number of hydrogen-bond donors (Lipinski definition) is 2. The third-order valence-electron chi connectivity index (χ3n) is 7.30. The third kappa shape index (κ3) is 7.20. The molecular weight excluding hydrogens is 556 g/mol. The second kappa shape index (κ2) is 13.4. The summed E-state index contributed by atoms with van der Waals surface area (Å²) >= 11 is 1.15. The van der Waals surface area contributed by atoms with Gasteiger partial charge in [0, 0.05) is 51.3 Å². The summed E-state index contributed by atoms with van der Waals surface area (Å²) in [5.41, 5.74) is 0.703. The monoisotopic (exact) mass is 594 g/mol. The van der Waals surface area contributed by atoms with Gasteiger partial charge < -0.3 is 24.8 Å². The van der Waals surface area contributed by atoms with Crippen LogP contribution in [0.25, 0.3) is 0 Å². The molecule has 13 heteroatoms. The lowest BCUT2D eigenvalue weighted by molar-refractivity contribution is -0.116. The molecule has 1 saturated heterocycles. The van der Waals surface area contributed by atoms with Crippen molar-refractivity contribution in [1.82, 2.24) is 14.1 Å². The summed E-state index contributed by atoms with van der Waals surface area (Å²) in [5, 5.41) is 14.5. The van der Waals surface area contributed by atoms with E-state index in [1.54, 1.807) is 47.5 Å². The molecular formula is C27H38N4O7S2. The molecule has 3 heterocycles. The largest absolute Gasteiger partial charge is 0.488 e. The minimum absolute atomic E-state index is 0.0659. The van der Waals surface area contributed by atoms with Gasteiger partial charge in [-0.25, -0.2) is 8.42 Å². The molecule has 0 radical (unpaired) electrons. The summed E-state index contributed by atoms with van der Waals surface area (Å²) in [6.45, 7) is 7.26. The smallest absolute Gasteiger partial charge is 0.258 e. The first-order chi connectivity index (χ1) is 19.1. The molecule has 2 amide bonds. The van der Waals surface area contributed by atoms with Crippen LogP contribution in [0.3, 0.4) is 0 Å². The van der Waals surface area contributed by atoms with E-state index >= 15 is 0 Å². The molecule has 0 spiro atoms. The van der Waals surface area contributed by atoms with Crippen LogP contribution in [0.15, 0.2) is 39.9 Å². The number of amides is 2. The molecule has 0 saturated carbocycles. The molecule has 40 heavy (non-hydrogen) atoms. The second-order valence-electron chi connectivity index (χ2n) is 10.3. The van der Waals surface area contributed by atoms with E-state index in [2.05, 4.69) is 10.2 Å². The van der Waals surface area contributed by atoms with Gasteiger partial charge in [-0.1, -0.05) is 13.0 Å². The highest BCUT2D eigenvalue weighted by Gasteiger charge is 2.35. The number of morpholine rings is 1. The van der Waals surface area contributed by atoms with Gasteiger partial charge in [-0.05, 0) is 36.6 Å². The summed E-state index contributed by atoms with van der Waals surface area (Å²) in [4.78, 5) is 30.1. The lowest BCUT2D eigenvalue weighted by atomic mass is 9.99. The predicted molar refractivity (Wildman–Crippen MR) is 152 cm³/mol. The molecule has 1 aromatic heterocycles. The van der Waals surface area contributed by atoms with Crippen molar-refractivity contribution in [2.24, 2.45) is 5.92 Å². The van der Waals surface area contributed by atoms with E-state index in [-0.39, 0.29) is 47.2 Å². The fourth-order valence-electron chi connectivity index (χ4n) is 4.74. The number of rotatable bonds is 10. The normalized spacial score (nSPS) is 21.3. The zero-order valence-corrected chi connectivity index (χ0v) is 24.7. The number of anilines is 1. The van der Waals surface area contributed by atoms with Crippen molar-refractivity contribution >= 4 is 38.9 Å². The number of aliphatic hydroxyl groups excluding tert-OH is 1. The van der Waals surface area contributed by atoms with Crippen LogP contribution in [0, 0.1) is 5.92 Å². The SMILES string of the molecule is C[C@@H]1CN([C@H](C)CO)C(=O)c2cc(NC(=O)CCN3CCOCC3)ccc2O[C@@H]1CN(C)S(=O)(=O)c1cccs1. The molecule has 2 N–H and O–H groups in total. The van der Waals surface area contributed by atoms with E-state index < -0.39 is 22.2 Å². The van der Waals surface area contributed by atoms with Gasteiger partial charge in [-0.15, -0.1) is 11.3 Å². The predicted octanol–water partition coefficient (Wildman–Crippen LogP) is 1.95. The average Bonchev–Trinajstić information content (AvgIpc) is 3.50. The molecule has 0 bridgehead atoms. The summed E-state index contributed by atoms with van der Waals surface area (Å²) in [6, 6.07) is 7.67. The number of thiophene rings is 1. The molecule has 11 nitrogen and oxygen atoms in total. The van der Waals surface area contributed by atoms with E-state index in [0.717, 1.165) is 24.4 Å². The van der Waals surface area contributed by atoms with Crippen LogP contribution in [0.2, 0.25) is 0 Å². The summed E-state index contributed by atoms with van der Waals surface area (Å²) in [6.07, 6.45) is -0.270. The van der Waals surface area contributed by atoms with E-state index in [1.807, 2.05) is 6.92 Å². The van der Waals surface area contributed by atoms with Crippen LogP contribution in [0.4, 0.5) is 5.69 Å². The molecule has 1 fully saturated rings. The zero-order chi connectivity index (χ0) is 28.9. The van der Waals surface area contributed by atoms with Crippen molar-refractivity contribution in [2.45, 2.75) is 36.6 Å². The topological polar surface area (TPSA) is 129 Å². The molecule has 4 rings (SSSR count). The van der Waals surface area contributed by atoms with Crippen LogP contribution < -0.4 is 10.1 Å². The van der Waals surface area contributed by atoms with Gasteiger partial charge in [-0.2, -0.15) is 4.31 Å². The van der Waals surface area contributed by atoms with Gasteiger partial charge >= 0.3 is 0 Å². The highest BCUT2D eigenvalue weighted by atomic mass is 32.2. The maximum absolute atomic E-state index is 13.6. The Bertz CT molecular complexity index is 1270. The summed E-state index contributed by atoms with van der Waals surface area (Å²) in [5.74, 6) is -0.444. The zero-order valence-electron chi connectivity index (χ0n) is 23.1. The van der Waals surface area contributed by atoms with Crippen LogP contribution in [-0.4, -0.2) is 111 Å². The Morgan fingerprint density at radius 1 is 1.27 bits per heavy atom. The Balaban J connectivity index is 1.55. The first kappa shape index (κ1) is 30.4. The van der Waals surface area contributed by atoms with E-state index in [1.165, 1.54) is 11.4 Å². The Hall–Kier alpha value is -2.55. The highest BCUT2D eigenvalue weighted by Crippen LogP contribution is 2.31. The molecule has 220 valence electrons. The average molecular weight is 595 g/mol. The highest BCUT2D eigenvalue weighted by molar-refractivity contribution is 7.91. The Morgan fingerprint density at radius 2 is 2.02 bits per heavy atom. The molecule has 2 aliphatic rings. The number of ether oxygens (including phenoxy) is 2. The van der Waals surface area contributed by atoms with Gasteiger partial charge in [-0.3, -0.25) is 14.5 Å². The molecule has 0 aliphatic carbocycles. The first-order valence-electron chi connectivity index (χ1n) is 13.4. The van der Waals surface area contributed by atoms with Gasteiger partial charge in [0.2, 0.25) is 5.91 Å². The number of fused-ring (bicyclic) bond motifs is 1. The maximum Gasteiger partial charge on any atom is 0.258 e.